The zero-order chi connectivity index (χ0) is 16.9. The highest BCUT2D eigenvalue weighted by Gasteiger charge is 2.08. The molecule has 0 saturated heterocycles. The fourth-order valence-electron chi connectivity index (χ4n) is 2.24. The molecule has 4 nitrogen and oxygen atoms in total. The molecule has 24 heavy (non-hydrogen) atoms. The first-order chi connectivity index (χ1) is 11.6. The van der Waals surface area contributed by atoms with E-state index in [1.165, 1.54) is 12.3 Å². The molecule has 0 bridgehead atoms. The summed E-state index contributed by atoms with van der Waals surface area (Å²) in [6.07, 6.45) is 1.50. The Morgan fingerprint density at radius 3 is 2.54 bits per heavy atom. The van der Waals surface area contributed by atoms with Crippen LogP contribution < -0.4 is 10.6 Å². The third-order valence-electron chi connectivity index (χ3n) is 3.42. The summed E-state index contributed by atoms with van der Waals surface area (Å²) in [6, 6.07) is 17.2. The van der Waals surface area contributed by atoms with Crippen molar-refractivity contribution < 1.29 is 9.18 Å². The van der Waals surface area contributed by atoms with Gasteiger partial charge >= 0.3 is 0 Å². The van der Waals surface area contributed by atoms with Gasteiger partial charge in [0.05, 0.1) is 17.6 Å². The van der Waals surface area contributed by atoms with Crippen LogP contribution in [0.4, 0.5) is 21.5 Å². The minimum atomic E-state index is -0.348. The lowest BCUT2D eigenvalue weighted by Gasteiger charge is -2.08. The Morgan fingerprint density at radius 1 is 1.00 bits per heavy atom. The summed E-state index contributed by atoms with van der Waals surface area (Å²) in [6.45, 7) is 1.96. The number of rotatable bonds is 4. The zero-order valence-corrected chi connectivity index (χ0v) is 13.1. The highest BCUT2D eigenvalue weighted by atomic mass is 19.1. The Bertz CT molecular complexity index is 862. The second kappa shape index (κ2) is 6.91. The molecule has 2 aromatic carbocycles. The van der Waals surface area contributed by atoms with Gasteiger partial charge in [-0.05, 0) is 48.9 Å². The first-order valence-corrected chi connectivity index (χ1v) is 7.47. The number of benzene rings is 2. The molecule has 1 aromatic heterocycles. The van der Waals surface area contributed by atoms with E-state index < -0.39 is 0 Å². The van der Waals surface area contributed by atoms with Gasteiger partial charge in [-0.2, -0.15) is 0 Å². The Labute approximate surface area is 139 Å². The summed E-state index contributed by atoms with van der Waals surface area (Å²) in [4.78, 5) is 16.3. The minimum absolute atomic E-state index is 0.288. The van der Waals surface area contributed by atoms with Crippen LogP contribution >= 0.6 is 0 Å². The quantitative estimate of drug-likeness (QED) is 0.742. The largest absolute Gasteiger partial charge is 0.352 e. The first kappa shape index (κ1) is 15.7. The smallest absolute Gasteiger partial charge is 0.274 e. The lowest BCUT2D eigenvalue weighted by atomic mass is 10.2. The number of nitrogens with zero attached hydrogens (tertiary/aromatic N) is 1. The average molecular weight is 321 g/mol. The molecule has 0 aliphatic carbocycles. The van der Waals surface area contributed by atoms with Crippen molar-refractivity contribution in [2.24, 2.45) is 0 Å². The molecule has 0 saturated carbocycles. The predicted octanol–water partition coefficient (Wildman–Crippen LogP) is 4.53. The number of pyridine rings is 1. The number of aromatic nitrogens is 1. The number of carbonyl (C=O) groups is 1. The Hall–Kier alpha value is -3.21. The summed E-state index contributed by atoms with van der Waals surface area (Å²) >= 11 is 0. The number of carbonyl (C=O) groups excluding carboxylic acids is 1. The molecule has 3 aromatic rings. The van der Waals surface area contributed by atoms with E-state index in [1.807, 2.05) is 31.2 Å². The fraction of sp³-hybridized carbons (Fsp3) is 0.0526. The van der Waals surface area contributed by atoms with Crippen LogP contribution in [0.25, 0.3) is 0 Å². The maximum absolute atomic E-state index is 13.6. The van der Waals surface area contributed by atoms with E-state index in [9.17, 15) is 9.18 Å². The summed E-state index contributed by atoms with van der Waals surface area (Å²) in [5, 5.41) is 5.72. The van der Waals surface area contributed by atoms with Crippen LogP contribution in [0, 0.1) is 12.7 Å². The van der Waals surface area contributed by atoms with Crippen molar-refractivity contribution in [3.05, 3.63) is 83.9 Å². The van der Waals surface area contributed by atoms with Gasteiger partial charge in [0.25, 0.3) is 5.91 Å². The molecular weight excluding hydrogens is 305 g/mol. The number of halogens is 1. The van der Waals surface area contributed by atoms with E-state index in [2.05, 4.69) is 15.6 Å². The van der Waals surface area contributed by atoms with E-state index in [0.29, 0.717) is 11.4 Å². The molecule has 2 N–H and O–H groups in total. The van der Waals surface area contributed by atoms with Gasteiger partial charge in [0, 0.05) is 5.69 Å². The number of hydrogen-bond acceptors (Lipinski definition) is 3. The second-order valence-electron chi connectivity index (χ2n) is 5.36. The standard InChI is InChI=1S/C19H16FN3O/c1-13-5-4-6-14(11-13)23-19(24)18-10-9-15(12-21-18)22-17-8-3-2-7-16(17)20/h2-12,22H,1H3,(H,23,24). The van der Waals surface area contributed by atoms with Crippen molar-refractivity contribution in [1.82, 2.24) is 4.98 Å². The molecule has 0 atom stereocenters. The van der Waals surface area contributed by atoms with E-state index in [-0.39, 0.29) is 17.4 Å². The highest BCUT2D eigenvalue weighted by Crippen LogP contribution is 2.19. The molecule has 0 aliphatic rings. The average Bonchev–Trinajstić information content (AvgIpc) is 2.57. The van der Waals surface area contributed by atoms with E-state index in [1.54, 1.807) is 30.3 Å². The van der Waals surface area contributed by atoms with Gasteiger partial charge in [0.1, 0.15) is 11.5 Å². The van der Waals surface area contributed by atoms with Crippen LogP contribution in [-0.4, -0.2) is 10.9 Å². The van der Waals surface area contributed by atoms with Crippen LogP contribution in [0.2, 0.25) is 0 Å². The lowest BCUT2D eigenvalue weighted by Crippen LogP contribution is -2.13. The van der Waals surface area contributed by atoms with Gasteiger partial charge in [-0.3, -0.25) is 4.79 Å². The van der Waals surface area contributed by atoms with Crippen molar-refractivity contribution >= 4 is 23.0 Å². The topological polar surface area (TPSA) is 54.0 Å². The third-order valence-corrected chi connectivity index (χ3v) is 3.42. The fourth-order valence-corrected chi connectivity index (χ4v) is 2.24. The maximum atomic E-state index is 13.6. The molecule has 0 unspecified atom stereocenters. The number of amides is 1. The minimum Gasteiger partial charge on any atom is -0.352 e. The van der Waals surface area contributed by atoms with Crippen LogP contribution in [0.3, 0.4) is 0 Å². The summed E-state index contributed by atoms with van der Waals surface area (Å²) in [5.74, 6) is -0.642. The molecule has 5 heteroatoms. The molecule has 1 heterocycles. The molecule has 0 aliphatic heterocycles. The Morgan fingerprint density at radius 2 is 1.83 bits per heavy atom. The van der Waals surface area contributed by atoms with Gasteiger partial charge in [0.15, 0.2) is 0 Å². The van der Waals surface area contributed by atoms with Crippen molar-refractivity contribution in [2.75, 3.05) is 10.6 Å². The second-order valence-corrected chi connectivity index (χ2v) is 5.36. The molecule has 0 radical (unpaired) electrons. The SMILES string of the molecule is Cc1cccc(NC(=O)c2ccc(Nc3ccccc3F)cn2)c1. The van der Waals surface area contributed by atoms with Crippen molar-refractivity contribution in [2.45, 2.75) is 6.92 Å². The van der Waals surface area contributed by atoms with Gasteiger partial charge in [0.2, 0.25) is 0 Å². The van der Waals surface area contributed by atoms with E-state index in [4.69, 9.17) is 0 Å². The molecule has 0 spiro atoms. The van der Waals surface area contributed by atoms with E-state index >= 15 is 0 Å². The molecule has 3 rings (SSSR count). The number of aryl methyl sites for hydroxylation is 1. The van der Waals surface area contributed by atoms with Gasteiger partial charge in [-0.25, -0.2) is 9.37 Å². The lowest BCUT2D eigenvalue weighted by molar-refractivity contribution is 0.102. The number of para-hydroxylation sites is 1. The monoisotopic (exact) mass is 321 g/mol. The van der Waals surface area contributed by atoms with Crippen LogP contribution in [-0.2, 0) is 0 Å². The maximum Gasteiger partial charge on any atom is 0.274 e. The first-order valence-electron chi connectivity index (χ1n) is 7.47. The summed E-state index contributed by atoms with van der Waals surface area (Å²) < 4.78 is 13.6. The number of anilines is 3. The van der Waals surface area contributed by atoms with Crippen LogP contribution in [0.15, 0.2) is 66.9 Å². The van der Waals surface area contributed by atoms with Crippen LogP contribution in [0.5, 0.6) is 0 Å². The molecule has 120 valence electrons. The Kier molecular flexibility index (Phi) is 4.52. The zero-order valence-electron chi connectivity index (χ0n) is 13.1. The summed E-state index contributed by atoms with van der Waals surface area (Å²) in [7, 11) is 0. The van der Waals surface area contributed by atoms with Crippen molar-refractivity contribution in [1.29, 1.82) is 0 Å². The molecular formula is C19H16FN3O. The third kappa shape index (κ3) is 3.76. The van der Waals surface area contributed by atoms with Crippen molar-refractivity contribution in [3.63, 3.8) is 0 Å². The van der Waals surface area contributed by atoms with Gasteiger partial charge in [-0.15, -0.1) is 0 Å². The molecule has 0 fully saturated rings. The normalized spacial score (nSPS) is 10.2. The van der Waals surface area contributed by atoms with E-state index in [0.717, 1.165) is 11.3 Å². The summed E-state index contributed by atoms with van der Waals surface area (Å²) in [5.41, 5.74) is 3.03. The van der Waals surface area contributed by atoms with Gasteiger partial charge in [-0.1, -0.05) is 24.3 Å². The number of hydrogen-bond donors (Lipinski definition) is 2. The van der Waals surface area contributed by atoms with Crippen LogP contribution in [0.1, 0.15) is 16.1 Å². The molecule has 1 amide bonds. The number of nitrogens with one attached hydrogen (secondary N) is 2. The van der Waals surface area contributed by atoms with Crippen molar-refractivity contribution in [3.8, 4) is 0 Å². The Balaban J connectivity index is 1.70. The highest BCUT2D eigenvalue weighted by molar-refractivity contribution is 6.03. The predicted molar refractivity (Wildman–Crippen MR) is 93.1 cm³/mol. The van der Waals surface area contributed by atoms with Gasteiger partial charge < -0.3 is 10.6 Å².